The van der Waals surface area contributed by atoms with Gasteiger partial charge in [-0.1, -0.05) is 48.5 Å². The summed E-state index contributed by atoms with van der Waals surface area (Å²) in [6.07, 6.45) is 1.66. The van der Waals surface area contributed by atoms with E-state index in [1.54, 1.807) is 12.3 Å². The maximum atomic E-state index is 12.0. The highest BCUT2D eigenvalue weighted by Gasteiger charge is 2.06. The van der Waals surface area contributed by atoms with Gasteiger partial charge in [0, 0.05) is 11.3 Å². The molecular weight excluding hydrogens is 326 g/mol. The smallest absolute Gasteiger partial charge is 0.262 e. The fraction of sp³-hybridized carbons (Fsp3) is 0.0476. The summed E-state index contributed by atoms with van der Waals surface area (Å²) in [6, 6.07) is 26.4. The van der Waals surface area contributed by atoms with E-state index in [1.165, 1.54) is 0 Å². The van der Waals surface area contributed by atoms with Crippen LogP contribution in [-0.2, 0) is 4.79 Å². The average molecular weight is 345 g/mol. The zero-order valence-electron chi connectivity index (χ0n) is 14.1. The van der Waals surface area contributed by atoms with E-state index in [0.29, 0.717) is 5.75 Å². The maximum absolute atomic E-state index is 12.0. The molecule has 0 atom stereocenters. The molecule has 2 N–H and O–H groups in total. The number of hydrazone groups is 1. The summed E-state index contributed by atoms with van der Waals surface area (Å²) in [5, 5.41) is 7.00. The van der Waals surface area contributed by atoms with Crippen molar-refractivity contribution in [3.05, 3.63) is 90.5 Å². The summed E-state index contributed by atoms with van der Waals surface area (Å²) in [4.78, 5) is 12.0. The van der Waals surface area contributed by atoms with Crippen molar-refractivity contribution in [2.45, 2.75) is 0 Å². The van der Waals surface area contributed by atoms with Crippen LogP contribution in [0.5, 0.6) is 5.75 Å². The van der Waals surface area contributed by atoms with Gasteiger partial charge in [-0.3, -0.25) is 10.2 Å². The number of carbonyl (C=O) groups is 1. The van der Waals surface area contributed by atoms with Gasteiger partial charge in [0.05, 0.1) is 11.9 Å². The highest BCUT2D eigenvalue weighted by molar-refractivity contribution is 5.92. The van der Waals surface area contributed by atoms with Crippen LogP contribution < -0.4 is 15.5 Å². The molecule has 3 rings (SSSR count). The molecule has 0 unspecified atom stereocenters. The lowest BCUT2D eigenvalue weighted by Crippen LogP contribution is -2.20. The van der Waals surface area contributed by atoms with Crippen LogP contribution in [0.4, 0.5) is 11.4 Å². The number of nitrogens with one attached hydrogen (secondary N) is 2. The Kier molecular flexibility index (Phi) is 5.99. The zero-order valence-corrected chi connectivity index (χ0v) is 14.1. The summed E-state index contributed by atoms with van der Waals surface area (Å²) in [5.74, 6) is 0.375. The summed E-state index contributed by atoms with van der Waals surface area (Å²) >= 11 is 0. The van der Waals surface area contributed by atoms with Gasteiger partial charge in [0.15, 0.2) is 6.61 Å². The largest absolute Gasteiger partial charge is 0.483 e. The molecule has 0 heterocycles. The quantitative estimate of drug-likeness (QED) is 0.499. The summed E-state index contributed by atoms with van der Waals surface area (Å²) in [5.41, 5.74) is 5.37. The van der Waals surface area contributed by atoms with E-state index < -0.39 is 0 Å². The Morgan fingerprint density at radius 1 is 0.846 bits per heavy atom. The first-order chi connectivity index (χ1) is 12.8. The van der Waals surface area contributed by atoms with Crippen LogP contribution in [0, 0.1) is 0 Å². The van der Waals surface area contributed by atoms with Gasteiger partial charge in [0.1, 0.15) is 5.75 Å². The minimum Gasteiger partial charge on any atom is -0.483 e. The average Bonchev–Trinajstić information content (AvgIpc) is 2.69. The first-order valence-electron chi connectivity index (χ1n) is 8.22. The molecule has 0 aliphatic heterocycles. The molecule has 3 aromatic rings. The second-order valence-electron chi connectivity index (χ2n) is 5.48. The number of ether oxygens (including phenoxy) is 1. The predicted octanol–water partition coefficient (Wildman–Crippen LogP) is 4.15. The number of nitrogens with zero attached hydrogens (tertiary/aromatic N) is 1. The molecule has 0 saturated heterocycles. The molecule has 130 valence electrons. The molecule has 1 amide bonds. The molecule has 0 radical (unpaired) electrons. The van der Waals surface area contributed by atoms with Gasteiger partial charge in [-0.05, 0) is 36.4 Å². The number of hydrogen-bond donors (Lipinski definition) is 2. The van der Waals surface area contributed by atoms with Crippen LogP contribution in [0.2, 0.25) is 0 Å². The van der Waals surface area contributed by atoms with Crippen LogP contribution >= 0.6 is 0 Å². The summed E-state index contributed by atoms with van der Waals surface area (Å²) in [6.45, 7) is -0.0775. The van der Waals surface area contributed by atoms with Crippen molar-refractivity contribution < 1.29 is 9.53 Å². The molecule has 5 nitrogen and oxygen atoms in total. The second-order valence-corrected chi connectivity index (χ2v) is 5.48. The Balaban J connectivity index is 1.57. The van der Waals surface area contributed by atoms with Crippen molar-refractivity contribution in [1.82, 2.24) is 0 Å². The van der Waals surface area contributed by atoms with Crippen molar-refractivity contribution in [3.8, 4) is 5.75 Å². The third kappa shape index (κ3) is 5.21. The number of carbonyl (C=O) groups excluding carboxylic acids is 1. The lowest BCUT2D eigenvalue weighted by atomic mass is 10.2. The molecule has 0 fully saturated rings. The molecule has 3 aromatic carbocycles. The van der Waals surface area contributed by atoms with Crippen molar-refractivity contribution in [2.24, 2.45) is 5.10 Å². The van der Waals surface area contributed by atoms with E-state index in [2.05, 4.69) is 15.8 Å². The predicted molar refractivity (Wildman–Crippen MR) is 105 cm³/mol. The van der Waals surface area contributed by atoms with Crippen molar-refractivity contribution >= 4 is 23.5 Å². The molecule has 0 aromatic heterocycles. The SMILES string of the molecule is O=C(COc1ccccc1C=NNc1ccccc1)Nc1ccccc1. The number of rotatable bonds is 7. The molecule has 0 aliphatic carbocycles. The van der Waals surface area contributed by atoms with Crippen LogP contribution in [0.25, 0.3) is 0 Å². The Hall–Kier alpha value is -3.60. The minimum absolute atomic E-state index is 0.0775. The van der Waals surface area contributed by atoms with Crippen molar-refractivity contribution in [1.29, 1.82) is 0 Å². The van der Waals surface area contributed by atoms with E-state index >= 15 is 0 Å². The highest BCUT2D eigenvalue weighted by atomic mass is 16.5. The lowest BCUT2D eigenvalue weighted by molar-refractivity contribution is -0.118. The highest BCUT2D eigenvalue weighted by Crippen LogP contribution is 2.16. The van der Waals surface area contributed by atoms with Crippen molar-refractivity contribution in [3.63, 3.8) is 0 Å². The maximum Gasteiger partial charge on any atom is 0.262 e. The number of benzene rings is 3. The zero-order chi connectivity index (χ0) is 18.0. The Morgan fingerprint density at radius 2 is 1.46 bits per heavy atom. The first kappa shape index (κ1) is 17.2. The van der Waals surface area contributed by atoms with Gasteiger partial charge in [-0.25, -0.2) is 0 Å². The normalized spacial score (nSPS) is 10.5. The summed E-state index contributed by atoms with van der Waals surface area (Å²) < 4.78 is 5.64. The standard InChI is InChI=1S/C21H19N3O2/c25-21(23-18-10-3-1-4-11-18)16-26-20-14-8-7-9-17(20)15-22-24-19-12-5-2-6-13-19/h1-15,24H,16H2,(H,23,25). The third-order valence-corrected chi connectivity index (χ3v) is 3.51. The van der Waals surface area contributed by atoms with E-state index in [-0.39, 0.29) is 12.5 Å². The van der Waals surface area contributed by atoms with Crippen LogP contribution in [0.15, 0.2) is 90.0 Å². The first-order valence-corrected chi connectivity index (χ1v) is 8.22. The van der Waals surface area contributed by atoms with Crippen LogP contribution in [0.3, 0.4) is 0 Å². The van der Waals surface area contributed by atoms with Gasteiger partial charge in [-0.2, -0.15) is 5.10 Å². The fourth-order valence-corrected chi connectivity index (χ4v) is 2.27. The van der Waals surface area contributed by atoms with Crippen LogP contribution in [-0.4, -0.2) is 18.7 Å². The van der Waals surface area contributed by atoms with Gasteiger partial charge >= 0.3 is 0 Å². The van der Waals surface area contributed by atoms with E-state index in [9.17, 15) is 4.79 Å². The molecule has 0 saturated carbocycles. The minimum atomic E-state index is -0.217. The number of amides is 1. The molecule has 0 spiro atoms. The topological polar surface area (TPSA) is 62.7 Å². The summed E-state index contributed by atoms with van der Waals surface area (Å²) in [7, 11) is 0. The Morgan fingerprint density at radius 3 is 2.19 bits per heavy atom. The molecular formula is C21H19N3O2. The molecule has 0 bridgehead atoms. The van der Waals surface area contributed by atoms with Crippen molar-refractivity contribution in [2.75, 3.05) is 17.3 Å². The van der Waals surface area contributed by atoms with Gasteiger partial charge in [0.25, 0.3) is 5.91 Å². The number of para-hydroxylation sites is 3. The molecule has 26 heavy (non-hydrogen) atoms. The monoisotopic (exact) mass is 345 g/mol. The third-order valence-electron chi connectivity index (χ3n) is 3.51. The van der Waals surface area contributed by atoms with Gasteiger partial charge in [0.2, 0.25) is 0 Å². The number of hydrogen-bond acceptors (Lipinski definition) is 4. The second kappa shape index (κ2) is 9.03. The Bertz CT molecular complexity index is 865. The fourth-order valence-electron chi connectivity index (χ4n) is 2.27. The lowest BCUT2D eigenvalue weighted by Gasteiger charge is -2.09. The number of anilines is 2. The van der Waals surface area contributed by atoms with Gasteiger partial charge in [-0.15, -0.1) is 0 Å². The van der Waals surface area contributed by atoms with E-state index in [1.807, 2.05) is 78.9 Å². The Labute approximate surface area is 152 Å². The molecule has 5 heteroatoms. The van der Waals surface area contributed by atoms with Crippen LogP contribution in [0.1, 0.15) is 5.56 Å². The molecule has 0 aliphatic rings. The van der Waals surface area contributed by atoms with E-state index in [4.69, 9.17) is 4.74 Å². The van der Waals surface area contributed by atoms with Gasteiger partial charge < -0.3 is 10.1 Å². The van der Waals surface area contributed by atoms with E-state index in [0.717, 1.165) is 16.9 Å².